The van der Waals surface area contributed by atoms with Crippen LogP contribution in [0.4, 0.5) is 4.39 Å². The van der Waals surface area contributed by atoms with Crippen molar-refractivity contribution in [2.75, 3.05) is 0 Å². The molecule has 2 aromatic carbocycles. The Morgan fingerprint density at radius 3 is 2.80 bits per heavy atom. The van der Waals surface area contributed by atoms with Gasteiger partial charge in [-0.1, -0.05) is 30.0 Å². The summed E-state index contributed by atoms with van der Waals surface area (Å²) in [6.45, 7) is 0.638. The minimum absolute atomic E-state index is 0.253. The van der Waals surface area contributed by atoms with Gasteiger partial charge in [-0.25, -0.2) is 4.39 Å². The smallest absolute Gasteiger partial charge is 0.305 e. The number of aliphatic carboxylic acids is 1. The number of aromatic nitrogens is 1. The minimum Gasteiger partial charge on any atom is -0.481 e. The lowest BCUT2D eigenvalue weighted by Crippen LogP contribution is -2.26. The Morgan fingerprint density at radius 1 is 1.23 bits per heavy atom. The Balaban J connectivity index is 1.45. The van der Waals surface area contributed by atoms with Crippen LogP contribution in [0.1, 0.15) is 17.5 Å². The zero-order valence-electron chi connectivity index (χ0n) is 15.7. The monoisotopic (exact) mass is 424 g/mol. The number of carboxylic acid groups (broad SMARTS) is 1. The molecule has 0 bridgehead atoms. The Morgan fingerprint density at radius 2 is 2.03 bits per heavy atom. The van der Waals surface area contributed by atoms with E-state index in [0.717, 1.165) is 33.8 Å². The molecule has 0 spiro atoms. The van der Waals surface area contributed by atoms with Gasteiger partial charge in [0.2, 0.25) is 5.91 Å². The third-order valence-electron chi connectivity index (χ3n) is 4.55. The van der Waals surface area contributed by atoms with Crippen LogP contribution < -0.4 is 5.32 Å². The van der Waals surface area contributed by atoms with Crippen molar-refractivity contribution in [1.82, 2.24) is 9.88 Å². The summed E-state index contributed by atoms with van der Waals surface area (Å²) in [5, 5.41) is 19.9. The summed E-state index contributed by atoms with van der Waals surface area (Å²) >= 11 is 1.06. The van der Waals surface area contributed by atoms with E-state index in [1.807, 2.05) is 30.5 Å². The number of nitrogens with zero attached hydrogens (tertiary/aromatic N) is 3. The number of benzene rings is 2. The van der Waals surface area contributed by atoms with Gasteiger partial charge < -0.3 is 15.0 Å². The van der Waals surface area contributed by atoms with E-state index < -0.39 is 11.2 Å². The number of carboxylic acids is 1. The highest BCUT2D eigenvalue weighted by molar-refractivity contribution is 8.15. The molecule has 1 aliphatic heterocycles. The molecule has 1 aromatic heterocycles. The van der Waals surface area contributed by atoms with Crippen LogP contribution in [0, 0.1) is 5.82 Å². The van der Waals surface area contributed by atoms with Crippen molar-refractivity contribution in [1.29, 1.82) is 0 Å². The van der Waals surface area contributed by atoms with E-state index in [4.69, 9.17) is 5.11 Å². The van der Waals surface area contributed by atoms with Crippen molar-refractivity contribution in [3.8, 4) is 0 Å². The second-order valence-corrected chi connectivity index (χ2v) is 7.92. The fourth-order valence-electron chi connectivity index (χ4n) is 3.12. The summed E-state index contributed by atoms with van der Waals surface area (Å²) in [5.41, 5.74) is 2.88. The molecule has 1 fully saturated rings. The Labute approximate surface area is 175 Å². The quantitative estimate of drug-likeness (QED) is 0.469. The molecule has 1 atom stereocenters. The fourth-order valence-corrected chi connectivity index (χ4v) is 4.03. The highest BCUT2D eigenvalue weighted by Gasteiger charge is 2.32. The molecule has 3 aromatic rings. The molecule has 0 radical (unpaired) electrons. The third-order valence-corrected chi connectivity index (χ3v) is 5.63. The van der Waals surface area contributed by atoms with Crippen molar-refractivity contribution in [3.63, 3.8) is 0 Å². The Bertz CT molecular complexity index is 1170. The first-order valence-electron chi connectivity index (χ1n) is 9.11. The number of rotatable bonds is 6. The molecule has 2 heterocycles. The van der Waals surface area contributed by atoms with Crippen LogP contribution in [0.25, 0.3) is 10.9 Å². The number of hydrogen-bond donors (Lipinski definition) is 2. The number of thioether (sulfide) groups is 1. The summed E-state index contributed by atoms with van der Waals surface area (Å²) in [6, 6.07) is 14.3. The first-order chi connectivity index (χ1) is 14.5. The van der Waals surface area contributed by atoms with E-state index in [1.165, 1.54) is 12.1 Å². The number of carbonyl (C=O) groups excluding carboxylic acids is 1. The molecule has 0 aliphatic carbocycles. The van der Waals surface area contributed by atoms with E-state index in [1.54, 1.807) is 18.3 Å². The highest BCUT2D eigenvalue weighted by Crippen LogP contribution is 2.22. The number of nitrogens with one attached hydrogen (secondary N) is 1. The van der Waals surface area contributed by atoms with Crippen LogP contribution in [0.2, 0.25) is 0 Å². The number of amides is 1. The summed E-state index contributed by atoms with van der Waals surface area (Å²) in [5.74, 6) is -1.66. The van der Waals surface area contributed by atoms with Gasteiger partial charge in [0.25, 0.3) is 0 Å². The standard InChI is InChI=1S/C21H17FN4O3S/c22-16-4-1-13(2-5-16)12-26-8-7-15-9-14(3-6-17(15)26)11-23-25-21-24-20(29)18(30-21)10-19(27)28/h1-9,11,18H,10,12H2,(H,27,28)(H,24,25,29). The number of amidine groups is 1. The molecule has 0 saturated carbocycles. The Kier molecular flexibility index (Phi) is 5.62. The van der Waals surface area contributed by atoms with Crippen LogP contribution in [0.15, 0.2) is 64.9 Å². The number of hydrogen-bond acceptors (Lipinski definition) is 5. The molecule has 4 rings (SSSR count). The molecule has 2 N–H and O–H groups in total. The Hall–Kier alpha value is -3.46. The normalized spacial score (nSPS) is 17.8. The van der Waals surface area contributed by atoms with Crippen LogP contribution in [0.3, 0.4) is 0 Å². The van der Waals surface area contributed by atoms with Gasteiger partial charge >= 0.3 is 5.97 Å². The van der Waals surface area contributed by atoms with Gasteiger partial charge in [0.05, 0.1) is 12.6 Å². The van der Waals surface area contributed by atoms with Gasteiger partial charge in [0.15, 0.2) is 5.17 Å². The molecule has 1 amide bonds. The second-order valence-electron chi connectivity index (χ2n) is 6.73. The van der Waals surface area contributed by atoms with Crippen LogP contribution in [-0.4, -0.2) is 38.2 Å². The third kappa shape index (κ3) is 4.57. The molecule has 7 nitrogen and oxygen atoms in total. The van der Waals surface area contributed by atoms with E-state index in [0.29, 0.717) is 6.54 Å². The molecular weight excluding hydrogens is 407 g/mol. The van der Waals surface area contributed by atoms with Crippen molar-refractivity contribution in [3.05, 3.63) is 71.7 Å². The van der Waals surface area contributed by atoms with Gasteiger partial charge in [0, 0.05) is 23.6 Å². The summed E-state index contributed by atoms with van der Waals surface area (Å²) in [6.07, 6.45) is 3.29. The van der Waals surface area contributed by atoms with Gasteiger partial charge in [0.1, 0.15) is 11.1 Å². The molecular formula is C21H17FN4O3S. The lowest BCUT2D eigenvalue weighted by Gasteiger charge is -2.06. The van der Waals surface area contributed by atoms with Crippen molar-refractivity contribution in [2.24, 2.45) is 10.2 Å². The highest BCUT2D eigenvalue weighted by atomic mass is 32.2. The fraction of sp³-hybridized carbons (Fsp3) is 0.143. The minimum atomic E-state index is -1.04. The maximum absolute atomic E-state index is 13.1. The number of halogens is 1. The molecule has 9 heteroatoms. The molecule has 1 saturated heterocycles. The van der Waals surface area contributed by atoms with Crippen molar-refractivity contribution < 1.29 is 19.1 Å². The van der Waals surface area contributed by atoms with E-state index >= 15 is 0 Å². The predicted molar refractivity (Wildman–Crippen MR) is 114 cm³/mol. The first kappa shape index (κ1) is 19.8. The topological polar surface area (TPSA) is 96.0 Å². The molecule has 1 aliphatic rings. The lowest BCUT2D eigenvalue weighted by atomic mass is 10.1. The van der Waals surface area contributed by atoms with E-state index in [-0.39, 0.29) is 23.3 Å². The number of carbonyl (C=O) groups is 2. The lowest BCUT2D eigenvalue weighted by molar-refractivity contribution is -0.138. The van der Waals surface area contributed by atoms with Crippen LogP contribution in [-0.2, 0) is 16.1 Å². The van der Waals surface area contributed by atoms with E-state index in [9.17, 15) is 14.0 Å². The average Bonchev–Trinajstić information content (AvgIpc) is 3.26. The van der Waals surface area contributed by atoms with E-state index in [2.05, 4.69) is 20.1 Å². The second kappa shape index (κ2) is 8.50. The summed E-state index contributed by atoms with van der Waals surface area (Å²) in [7, 11) is 0. The average molecular weight is 424 g/mol. The summed E-state index contributed by atoms with van der Waals surface area (Å²) in [4.78, 5) is 22.5. The van der Waals surface area contributed by atoms with Gasteiger partial charge in [-0.15, -0.1) is 5.10 Å². The van der Waals surface area contributed by atoms with Crippen molar-refractivity contribution in [2.45, 2.75) is 18.2 Å². The largest absolute Gasteiger partial charge is 0.481 e. The maximum atomic E-state index is 13.1. The zero-order chi connectivity index (χ0) is 21.1. The molecule has 1 unspecified atom stereocenters. The van der Waals surface area contributed by atoms with Crippen molar-refractivity contribution >= 4 is 45.9 Å². The number of fused-ring (bicyclic) bond motifs is 1. The van der Waals surface area contributed by atoms with Gasteiger partial charge in [-0.05, 0) is 41.5 Å². The maximum Gasteiger partial charge on any atom is 0.305 e. The van der Waals surface area contributed by atoms with Gasteiger partial charge in [-0.2, -0.15) is 5.10 Å². The van der Waals surface area contributed by atoms with Gasteiger partial charge in [-0.3, -0.25) is 9.59 Å². The molecule has 30 heavy (non-hydrogen) atoms. The molecule has 152 valence electrons. The SMILES string of the molecule is O=C(O)CC1SC(=NN=Cc2ccc3c(ccn3Cc3ccc(F)cc3)c2)NC1=O. The van der Waals surface area contributed by atoms with Crippen LogP contribution >= 0.6 is 11.8 Å². The zero-order valence-corrected chi connectivity index (χ0v) is 16.5. The predicted octanol–water partition coefficient (Wildman–Crippen LogP) is 3.22. The first-order valence-corrected chi connectivity index (χ1v) is 9.99. The van der Waals surface area contributed by atoms with Crippen LogP contribution in [0.5, 0.6) is 0 Å². The summed E-state index contributed by atoms with van der Waals surface area (Å²) < 4.78 is 15.2.